The van der Waals surface area contributed by atoms with Crippen LogP contribution in [0.25, 0.3) is 0 Å². The van der Waals surface area contributed by atoms with Crippen LogP contribution in [-0.4, -0.2) is 61.0 Å². The molecule has 1 amide bonds. The summed E-state index contributed by atoms with van der Waals surface area (Å²) in [7, 11) is 0. The molecule has 4 heteroatoms. The molecule has 0 atom stereocenters. The van der Waals surface area contributed by atoms with Crippen molar-refractivity contribution in [2.45, 2.75) is 57.9 Å². The van der Waals surface area contributed by atoms with Crippen molar-refractivity contribution >= 4 is 5.91 Å². The smallest absolute Gasteiger partial charge is 0.221 e. The van der Waals surface area contributed by atoms with E-state index in [-0.39, 0.29) is 5.91 Å². The lowest BCUT2D eigenvalue weighted by Crippen LogP contribution is -2.47. The third-order valence-electron chi connectivity index (χ3n) is 4.79. The first-order chi connectivity index (χ1) is 9.78. The summed E-state index contributed by atoms with van der Waals surface area (Å²) in [5.74, 6) is 0.259. The quantitative estimate of drug-likeness (QED) is 0.781. The second-order valence-electron chi connectivity index (χ2n) is 6.28. The number of nitrogens with one attached hydrogen (secondary N) is 1. The van der Waals surface area contributed by atoms with Gasteiger partial charge in [0, 0.05) is 45.2 Å². The number of piperazine rings is 1. The van der Waals surface area contributed by atoms with Crippen LogP contribution in [0.1, 0.15) is 51.9 Å². The maximum absolute atomic E-state index is 12.0. The number of amides is 1. The lowest BCUT2D eigenvalue weighted by molar-refractivity contribution is -0.122. The molecule has 0 unspecified atom stereocenters. The molecule has 1 heterocycles. The maximum Gasteiger partial charge on any atom is 0.221 e. The van der Waals surface area contributed by atoms with Crippen LogP contribution in [0.15, 0.2) is 0 Å². The SMILES string of the molecule is CCN1CCN(CCC(=O)NC2CCCCCC2)CC1. The van der Waals surface area contributed by atoms with Gasteiger partial charge in [-0.3, -0.25) is 4.79 Å². The van der Waals surface area contributed by atoms with E-state index in [2.05, 4.69) is 22.0 Å². The highest BCUT2D eigenvalue weighted by molar-refractivity contribution is 5.76. The summed E-state index contributed by atoms with van der Waals surface area (Å²) in [6.45, 7) is 8.83. The van der Waals surface area contributed by atoms with Gasteiger partial charge in [-0.2, -0.15) is 0 Å². The van der Waals surface area contributed by atoms with Gasteiger partial charge in [-0.05, 0) is 19.4 Å². The molecule has 1 aliphatic carbocycles. The second-order valence-corrected chi connectivity index (χ2v) is 6.28. The Labute approximate surface area is 123 Å². The molecule has 0 bridgehead atoms. The van der Waals surface area contributed by atoms with Crippen LogP contribution in [0.4, 0.5) is 0 Å². The number of rotatable bonds is 5. The van der Waals surface area contributed by atoms with Crippen molar-refractivity contribution in [3.63, 3.8) is 0 Å². The van der Waals surface area contributed by atoms with Crippen molar-refractivity contribution < 1.29 is 4.79 Å². The fourth-order valence-corrected chi connectivity index (χ4v) is 3.31. The number of carbonyl (C=O) groups excluding carboxylic acids is 1. The molecule has 4 nitrogen and oxygen atoms in total. The van der Waals surface area contributed by atoms with E-state index in [0.717, 1.165) is 39.3 Å². The summed E-state index contributed by atoms with van der Waals surface area (Å²) in [5, 5.41) is 3.24. The molecule has 1 aliphatic heterocycles. The van der Waals surface area contributed by atoms with Gasteiger partial charge in [0.1, 0.15) is 0 Å². The predicted molar refractivity (Wildman–Crippen MR) is 82.8 cm³/mol. The van der Waals surface area contributed by atoms with Crippen LogP contribution >= 0.6 is 0 Å². The highest BCUT2D eigenvalue weighted by Gasteiger charge is 2.18. The maximum atomic E-state index is 12.0. The normalized spacial score (nSPS) is 23.4. The third-order valence-corrected chi connectivity index (χ3v) is 4.79. The number of carbonyl (C=O) groups is 1. The van der Waals surface area contributed by atoms with E-state index in [0.29, 0.717) is 12.5 Å². The summed E-state index contributed by atoms with van der Waals surface area (Å²) in [6, 6.07) is 0.446. The molecular weight excluding hydrogens is 250 g/mol. The van der Waals surface area contributed by atoms with Crippen LogP contribution in [0.2, 0.25) is 0 Å². The van der Waals surface area contributed by atoms with E-state index in [1.54, 1.807) is 0 Å². The minimum absolute atomic E-state index is 0.259. The molecule has 2 rings (SSSR count). The number of hydrogen-bond donors (Lipinski definition) is 1. The Balaban J connectivity index is 1.60. The van der Waals surface area contributed by atoms with Crippen molar-refractivity contribution in [3.05, 3.63) is 0 Å². The summed E-state index contributed by atoms with van der Waals surface area (Å²) in [4.78, 5) is 16.9. The minimum atomic E-state index is 0.259. The molecule has 0 aromatic heterocycles. The first-order valence-corrected chi connectivity index (χ1v) is 8.52. The van der Waals surface area contributed by atoms with Crippen molar-refractivity contribution in [1.29, 1.82) is 0 Å². The van der Waals surface area contributed by atoms with Gasteiger partial charge in [0.05, 0.1) is 0 Å². The van der Waals surface area contributed by atoms with Crippen molar-refractivity contribution in [1.82, 2.24) is 15.1 Å². The van der Waals surface area contributed by atoms with E-state index < -0.39 is 0 Å². The Kier molecular flexibility index (Phi) is 6.80. The zero-order chi connectivity index (χ0) is 14.2. The van der Waals surface area contributed by atoms with Gasteiger partial charge < -0.3 is 15.1 Å². The van der Waals surface area contributed by atoms with Crippen molar-refractivity contribution in [2.24, 2.45) is 0 Å². The molecule has 0 aromatic rings. The van der Waals surface area contributed by atoms with Gasteiger partial charge in [0.2, 0.25) is 5.91 Å². The molecule has 2 aliphatic rings. The predicted octanol–water partition coefficient (Wildman–Crippen LogP) is 1.85. The number of hydrogen-bond acceptors (Lipinski definition) is 3. The lowest BCUT2D eigenvalue weighted by atomic mass is 10.1. The standard InChI is InChI=1S/C16H31N3O/c1-2-18-11-13-19(14-12-18)10-9-16(20)17-15-7-5-3-4-6-8-15/h15H,2-14H2,1H3,(H,17,20). The number of nitrogens with zero attached hydrogens (tertiary/aromatic N) is 2. The average molecular weight is 281 g/mol. The van der Waals surface area contributed by atoms with Gasteiger partial charge in [-0.15, -0.1) is 0 Å². The van der Waals surface area contributed by atoms with E-state index in [1.807, 2.05) is 0 Å². The van der Waals surface area contributed by atoms with Gasteiger partial charge in [-0.25, -0.2) is 0 Å². The van der Waals surface area contributed by atoms with Crippen molar-refractivity contribution in [2.75, 3.05) is 39.3 Å². The zero-order valence-corrected chi connectivity index (χ0v) is 13.1. The van der Waals surface area contributed by atoms with Crippen LogP contribution in [0.3, 0.4) is 0 Å². The first kappa shape index (κ1) is 15.8. The molecule has 1 saturated carbocycles. The van der Waals surface area contributed by atoms with Gasteiger partial charge in [0.25, 0.3) is 0 Å². The van der Waals surface area contributed by atoms with Crippen LogP contribution in [-0.2, 0) is 4.79 Å². The minimum Gasteiger partial charge on any atom is -0.353 e. The molecule has 0 aromatic carbocycles. The Bertz CT molecular complexity index is 279. The molecule has 1 N–H and O–H groups in total. The Hall–Kier alpha value is -0.610. The summed E-state index contributed by atoms with van der Waals surface area (Å²) >= 11 is 0. The fourth-order valence-electron chi connectivity index (χ4n) is 3.31. The molecule has 116 valence electrons. The topological polar surface area (TPSA) is 35.6 Å². The molecule has 1 saturated heterocycles. The van der Waals surface area contributed by atoms with E-state index in [9.17, 15) is 4.79 Å². The molecule has 0 spiro atoms. The Morgan fingerprint density at radius 2 is 1.60 bits per heavy atom. The lowest BCUT2D eigenvalue weighted by Gasteiger charge is -2.33. The Morgan fingerprint density at radius 1 is 1.00 bits per heavy atom. The molecule has 20 heavy (non-hydrogen) atoms. The highest BCUT2D eigenvalue weighted by Crippen LogP contribution is 2.17. The number of likely N-dealkylation sites (N-methyl/N-ethyl adjacent to an activating group) is 1. The van der Waals surface area contributed by atoms with E-state index >= 15 is 0 Å². The summed E-state index contributed by atoms with van der Waals surface area (Å²) in [6.07, 6.45) is 8.28. The van der Waals surface area contributed by atoms with E-state index in [1.165, 1.54) is 38.5 Å². The summed E-state index contributed by atoms with van der Waals surface area (Å²) < 4.78 is 0. The van der Waals surface area contributed by atoms with Gasteiger partial charge in [-0.1, -0.05) is 32.6 Å². The zero-order valence-electron chi connectivity index (χ0n) is 13.1. The molecule has 2 fully saturated rings. The summed E-state index contributed by atoms with van der Waals surface area (Å²) in [5.41, 5.74) is 0. The van der Waals surface area contributed by atoms with E-state index in [4.69, 9.17) is 0 Å². The molecular formula is C16H31N3O. The first-order valence-electron chi connectivity index (χ1n) is 8.52. The molecule has 0 radical (unpaired) electrons. The monoisotopic (exact) mass is 281 g/mol. The van der Waals surface area contributed by atoms with Gasteiger partial charge in [0.15, 0.2) is 0 Å². The third kappa shape index (κ3) is 5.41. The largest absolute Gasteiger partial charge is 0.353 e. The van der Waals surface area contributed by atoms with Crippen molar-refractivity contribution in [3.8, 4) is 0 Å². The average Bonchev–Trinajstić information content (AvgIpc) is 2.74. The fraction of sp³-hybridized carbons (Fsp3) is 0.938. The highest BCUT2D eigenvalue weighted by atomic mass is 16.1. The van der Waals surface area contributed by atoms with Gasteiger partial charge >= 0.3 is 0 Å². The van der Waals surface area contributed by atoms with Crippen LogP contribution in [0.5, 0.6) is 0 Å². The second kappa shape index (κ2) is 8.63. The van der Waals surface area contributed by atoms with Crippen LogP contribution in [0, 0.1) is 0 Å². The van der Waals surface area contributed by atoms with Crippen LogP contribution < -0.4 is 5.32 Å². The Morgan fingerprint density at radius 3 is 2.20 bits per heavy atom.